The van der Waals surface area contributed by atoms with E-state index >= 15 is 0 Å². The van der Waals surface area contributed by atoms with Crippen molar-refractivity contribution in [2.45, 2.75) is 70.7 Å². The van der Waals surface area contributed by atoms with Gasteiger partial charge in [0.1, 0.15) is 0 Å². The fourth-order valence-corrected chi connectivity index (χ4v) is 4.87. The molecule has 0 aromatic carbocycles. The maximum absolute atomic E-state index is 12.3. The molecule has 2 aliphatic carbocycles. The highest BCUT2D eigenvalue weighted by molar-refractivity contribution is 5.79. The van der Waals surface area contributed by atoms with Crippen LogP contribution in [0.15, 0.2) is 12.2 Å². The molecule has 1 aliphatic heterocycles. The Labute approximate surface area is 143 Å². The summed E-state index contributed by atoms with van der Waals surface area (Å²) in [6.45, 7) is 9.83. The van der Waals surface area contributed by atoms with Gasteiger partial charge in [0.15, 0.2) is 0 Å². The van der Waals surface area contributed by atoms with Crippen LogP contribution in [0.25, 0.3) is 0 Å². The smallest absolute Gasteiger partial charge is 0.347 e. The highest BCUT2D eigenvalue weighted by Crippen LogP contribution is 2.61. The average Bonchev–Trinajstić information content (AvgIpc) is 3.16. The van der Waals surface area contributed by atoms with E-state index in [-0.39, 0.29) is 11.5 Å². The number of esters is 2. The van der Waals surface area contributed by atoms with Gasteiger partial charge >= 0.3 is 11.9 Å². The third-order valence-electron chi connectivity index (χ3n) is 6.53. The molecule has 0 aromatic heterocycles. The van der Waals surface area contributed by atoms with Gasteiger partial charge < -0.3 is 14.2 Å². The van der Waals surface area contributed by atoms with Gasteiger partial charge in [0.05, 0.1) is 18.8 Å². The summed E-state index contributed by atoms with van der Waals surface area (Å²) in [4.78, 5) is 23.8. The quantitative estimate of drug-likeness (QED) is 0.450. The van der Waals surface area contributed by atoms with Crippen LogP contribution in [0.1, 0.15) is 52.9 Å². The number of carbonyl (C=O) groups is 2. The fraction of sp³-hybridized carbons (Fsp3) is 0.789. The molecule has 3 rings (SSSR count). The van der Waals surface area contributed by atoms with Gasteiger partial charge in [0, 0.05) is 12.3 Å². The molecule has 0 spiro atoms. The summed E-state index contributed by atoms with van der Waals surface area (Å²) in [6.07, 6.45) is 4.21. The minimum absolute atomic E-state index is 0.0339. The molecule has 134 valence electrons. The molecule has 0 amide bonds. The maximum atomic E-state index is 12.3. The zero-order chi connectivity index (χ0) is 17.7. The van der Waals surface area contributed by atoms with Gasteiger partial charge in [-0.2, -0.15) is 0 Å². The molecule has 3 fully saturated rings. The van der Waals surface area contributed by atoms with Crippen molar-refractivity contribution in [3.8, 4) is 0 Å². The Morgan fingerprint density at radius 1 is 1.33 bits per heavy atom. The summed E-state index contributed by atoms with van der Waals surface area (Å²) in [5.74, 6) is -0.273. The Kier molecular flexibility index (Phi) is 4.27. The molecule has 24 heavy (non-hydrogen) atoms. The monoisotopic (exact) mass is 336 g/mol. The van der Waals surface area contributed by atoms with Crippen LogP contribution in [0, 0.1) is 17.3 Å². The Bertz CT molecular complexity index is 570. The van der Waals surface area contributed by atoms with Crippen LogP contribution in [-0.2, 0) is 23.8 Å². The summed E-state index contributed by atoms with van der Waals surface area (Å²) in [5.41, 5.74) is 0.800. The van der Waals surface area contributed by atoms with E-state index in [0.29, 0.717) is 12.0 Å². The number of fused-ring (bicyclic) bond motifs is 2. The highest BCUT2D eigenvalue weighted by Gasteiger charge is 2.61. The predicted octanol–water partition coefficient (Wildman–Crippen LogP) is 3.02. The van der Waals surface area contributed by atoms with Crippen LogP contribution in [0.4, 0.5) is 0 Å². The SMILES string of the molecule is C=C1CCC2OC2(C)CCC2C1CC2(C)C(OC(C)=O)C(=O)OC. The molecule has 0 bridgehead atoms. The van der Waals surface area contributed by atoms with E-state index in [1.165, 1.54) is 19.6 Å². The number of ether oxygens (including phenoxy) is 3. The predicted molar refractivity (Wildman–Crippen MR) is 88.2 cm³/mol. The van der Waals surface area contributed by atoms with Gasteiger partial charge in [0.25, 0.3) is 0 Å². The van der Waals surface area contributed by atoms with E-state index in [9.17, 15) is 9.59 Å². The zero-order valence-electron chi connectivity index (χ0n) is 15.1. The third-order valence-corrected chi connectivity index (χ3v) is 6.53. The van der Waals surface area contributed by atoms with Crippen molar-refractivity contribution < 1.29 is 23.8 Å². The lowest BCUT2D eigenvalue weighted by atomic mass is 9.49. The van der Waals surface area contributed by atoms with Crippen LogP contribution < -0.4 is 0 Å². The first-order chi connectivity index (χ1) is 11.2. The number of hydrogen-bond acceptors (Lipinski definition) is 5. The largest absolute Gasteiger partial charge is 0.466 e. The molecule has 6 atom stereocenters. The fourth-order valence-electron chi connectivity index (χ4n) is 4.87. The third kappa shape index (κ3) is 2.77. The lowest BCUT2D eigenvalue weighted by Gasteiger charge is -2.56. The molecule has 0 aromatic rings. The van der Waals surface area contributed by atoms with E-state index in [4.69, 9.17) is 14.2 Å². The van der Waals surface area contributed by atoms with Crippen molar-refractivity contribution in [2.24, 2.45) is 17.3 Å². The van der Waals surface area contributed by atoms with Crippen molar-refractivity contribution in [1.82, 2.24) is 0 Å². The summed E-state index contributed by atoms with van der Waals surface area (Å²) >= 11 is 0. The number of epoxide rings is 1. The number of hydrogen-bond donors (Lipinski definition) is 0. The molecular formula is C19H28O5. The number of methoxy groups -OCH3 is 1. The second-order valence-corrected chi connectivity index (χ2v) is 8.09. The topological polar surface area (TPSA) is 65.1 Å². The molecule has 3 aliphatic rings. The standard InChI is InChI=1S/C19H28O5/c1-11-6-7-15-19(4,24-15)9-8-14-13(11)10-18(14,3)16(17(21)22-5)23-12(2)20/h13-16H,1,6-10H2,2-5H3. The minimum atomic E-state index is -0.849. The molecule has 1 saturated heterocycles. The van der Waals surface area contributed by atoms with E-state index in [1.807, 2.05) is 6.92 Å². The Morgan fingerprint density at radius 3 is 2.67 bits per heavy atom. The lowest BCUT2D eigenvalue weighted by Crippen LogP contribution is -2.57. The van der Waals surface area contributed by atoms with Crippen molar-refractivity contribution in [2.75, 3.05) is 7.11 Å². The van der Waals surface area contributed by atoms with E-state index < -0.39 is 23.5 Å². The minimum Gasteiger partial charge on any atom is -0.466 e. The normalized spacial score (nSPS) is 42.2. The van der Waals surface area contributed by atoms with Crippen molar-refractivity contribution in [3.05, 3.63) is 12.2 Å². The van der Waals surface area contributed by atoms with Crippen molar-refractivity contribution >= 4 is 11.9 Å². The Balaban J connectivity index is 1.83. The first kappa shape index (κ1) is 17.5. The van der Waals surface area contributed by atoms with Gasteiger partial charge in [-0.1, -0.05) is 19.1 Å². The molecule has 1 heterocycles. The van der Waals surface area contributed by atoms with Gasteiger partial charge in [-0.3, -0.25) is 4.79 Å². The van der Waals surface area contributed by atoms with E-state index in [2.05, 4.69) is 13.5 Å². The maximum Gasteiger partial charge on any atom is 0.347 e. The van der Waals surface area contributed by atoms with Gasteiger partial charge in [-0.15, -0.1) is 0 Å². The zero-order valence-corrected chi connectivity index (χ0v) is 15.1. The second kappa shape index (κ2) is 5.87. The summed E-state index contributed by atoms with van der Waals surface area (Å²) in [5, 5.41) is 0. The number of carbonyl (C=O) groups excluding carboxylic acids is 2. The number of rotatable bonds is 3. The van der Waals surface area contributed by atoms with E-state index in [0.717, 1.165) is 32.1 Å². The first-order valence-electron chi connectivity index (χ1n) is 8.82. The molecule has 6 unspecified atom stereocenters. The molecule has 2 saturated carbocycles. The van der Waals surface area contributed by atoms with Gasteiger partial charge in [0.2, 0.25) is 6.10 Å². The van der Waals surface area contributed by atoms with Crippen LogP contribution in [-0.4, -0.2) is 36.9 Å². The van der Waals surface area contributed by atoms with Crippen LogP contribution in [0.3, 0.4) is 0 Å². The summed E-state index contributed by atoms with van der Waals surface area (Å²) < 4.78 is 16.2. The highest BCUT2D eigenvalue weighted by atomic mass is 16.6. The second-order valence-electron chi connectivity index (χ2n) is 8.09. The summed E-state index contributed by atoms with van der Waals surface area (Å²) in [7, 11) is 1.34. The van der Waals surface area contributed by atoms with Gasteiger partial charge in [-0.05, 0) is 50.9 Å². The number of allylic oxidation sites excluding steroid dienone is 1. The van der Waals surface area contributed by atoms with Gasteiger partial charge in [-0.25, -0.2) is 4.79 Å². The molecule has 5 nitrogen and oxygen atoms in total. The Hall–Kier alpha value is -1.36. The summed E-state index contributed by atoms with van der Waals surface area (Å²) in [6, 6.07) is 0. The Morgan fingerprint density at radius 2 is 2.04 bits per heavy atom. The molecular weight excluding hydrogens is 308 g/mol. The van der Waals surface area contributed by atoms with Crippen LogP contribution in [0.5, 0.6) is 0 Å². The van der Waals surface area contributed by atoms with Crippen LogP contribution in [0.2, 0.25) is 0 Å². The lowest BCUT2D eigenvalue weighted by molar-refractivity contribution is -0.191. The molecule has 0 radical (unpaired) electrons. The average molecular weight is 336 g/mol. The van der Waals surface area contributed by atoms with Crippen molar-refractivity contribution in [3.63, 3.8) is 0 Å². The van der Waals surface area contributed by atoms with Crippen molar-refractivity contribution in [1.29, 1.82) is 0 Å². The van der Waals surface area contributed by atoms with Crippen LogP contribution >= 0.6 is 0 Å². The molecule has 0 N–H and O–H groups in total. The molecule has 5 heteroatoms. The first-order valence-corrected chi connectivity index (χ1v) is 8.82. The van der Waals surface area contributed by atoms with E-state index in [1.54, 1.807) is 0 Å².